The van der Waals surface area contributed by atoms with E-state index in [9.17, 15) is 60.3 Å². The molecule has 4 aromatic carbocycles. The molecule has 105 heavy (non-hydrogen) atoms. The number of sulfonamides is 2. The monoisotopic (exact) mass is 1530 g/mol. The summed E-state index contributed by atoms with van der Waals surface area (Å²) in [5.74, 6) is -2.58. The van der Waals surface area contributed by atoms with Crippen molar-refractivity contribution in [2.24, 2.45) is 17.0 Å². The van der Waals surface area contributed by atoms with Crippen molar-refractivity contribution < 1.29 is 79.2 Å². The minimum absolute atomic E-state index is 0.0471. The molecule has 25 nitrogen and oxygen atoms in total. The predicted octanol–water partition coefficient (Wildman–Crippen LogP) is 11.3. The first kappa shape index (κ1) is 79.3. The van der Waals surface area contributed by atoms with Crippen LogP contribution in [0.1, 0.15) is 180 Å². The van der Waals surface area contributed by atoms with Crippen LogP contribution in [0.4, 0.5) is 9.59 Å². The summed E-state index contributed by atoms with van der Waals surface area (Å²) in [6.07, 6.45) is 16.0. The lowest BCUT2D eigenvalue weighted by atomic mass is 9.91. The number of amides is 7. The van der Waals surface area contributed by atoms with E-state index in [0.717, 1.165) is 67.2 Å². The highest BCUT2D eigenvalue weighted by Gasteiger charge is 2.64. The summed E-state index contributed by atoms with van der Waals surface area (Å²) >= 11 is 12.3. The Kier molecular flexibility index (Phi) is 23.9. The smallest absolute Gasteiger partial charge is 0.408 e. The van der Waals surface area contributed by atoms with Gasteiger partial charge in [-0.2, -0.15) is 0 Å². The summed E-state index contributed by atoms with van der Waals surface area (Å²) in [5, 5.41) is 27.2. The van der Waals surface area contributed by atoms with Crippen LogP contribution in [0.25, 0.3) is 0 Å². The van der Waals surface area contributed by atoms with E-state index in [1.165, 1.54) is 9.80 Å². The highest BCUT2D eigenvalue weighted by molar-refractivity contribution is 7.91. The quantitative estimate of drug-likeness (QED) is 0.0686. The molecule has 0 spiro atoms. The number of carboxylic acids is 1. The van der Waals surface area contributed by atoms with Crippen LogP contribution in [0.15, 0.2) is 109 Å². The van der Waals surface area contributed by atoms with E-state index in [0.29, 0.717) is 78.0 Å². The number of nitrogens with two attached hydrogens (primary N) is 1. The third-order valence-corrected chi connectivity index (χ3v) is 24.7. The molecule has 8 N–H and O–H groups in total. The van der Waals surface area contributed by atoms with E-state index < -0.39 is 130 Å². The Bertz CT molecular complexity index is 4300. The van der Waals surface area contributed by atoms with Gasteiger partial charge in [-0.3, -0.25) is 28.7 Å². The van der Waals surface area contributed by atoms with Crippen molar-refractivity contribution in [1.29, 1.82) is 0 Å². The molecule has 8 atom stereocenters. The maximum Gasteiger partial charge on any atom is 0.408 e. The van der Waals surface area contributed by atoms with Gasteiger partial charge in [0.1, 0.15) is 69.4 Å². The second-order valence-corrected chi connectivity index (χ2v) is 36.3. The minimum atomic E-state index is -3.98. The maximum atomic E-state index is 14.5. The molecule has 4 saturated carbocycles. The number of carbonyl (C=O) groups is 8. The van der Waals surface area contributed by atoms with E-state index in [2.05, 4.69) is 26.0 Å². The number of carbonyl (C=O) groups excluding carboxylic acids is 7. The van der Waals surface area contributed by atoms with Crippen molar-refractivity contribution in [1.82, 2.24) is 35.8 Å². The molecule has 4 fully saturated rings. The van der Waals surface area contributed by atoms with Crippen LogP contribution in [0.3, 0.4) is 0 Å². The first-order valence-electron chi connectivity index (χ1n) is 35.8. The average Bonchev–Trinajstić information content (AvgIpc) is 1.60. The first-order valence-corrected chi connectivity index (χ1v) is 39.6. The highest BCUT2D eigenvalue weighted by atomic mass is 35.5. The number of allylic oxidation sites excluding steroid dienone is 2. The molecule has 0 aromatic heterocycles. The average molecular weight is 1530 g/mol. The van der Waals surface area contributed by atoms with Crippen LogP contribution in [0.5, 0.6) is 23.0 Å². The molecule has 4 aliphatic carbocycles. The number of nitrogens with one attached hydrogen (secondary N) is 5. The largest absolute Gasteiger partial charge is 0.479 e. The molecule has 0 saturated heterocycles. The molecular formula is C76H96Cl2N8O17S2. The van der Waals surface area contributed by atoms with Crippen LogP contribution in [-0.4, -0.2) is 135 Å². The Morgan fingerprint density at radius 1 is 0.562 bits per heavy atom. The molecule has 4 heterocycles. The Labute approximate surface area is 623 Å². The van der Waals surface area contributed by atoms with Gasteiger partial charge in [-0.05, 0) is 215 Å². The van der Waals surface area contributed by atoms with E-state index in [1.54, 1.807) is 116 Å². The van der Waals surface area contributed by atoms with E-state index in [4.69, 9.17) is 47.3 Å². The van der Waals surface area contributed by atoms with Gasteiger partial charge in [0, 0.05) is 47.8 Å². The predicted molar refractivity (Wildman–Crippen MR) is 394 cm³/mol. The molecule has 0 radical (unpaired) electrons. The fourth-order valence-electron chi connectivity index (χ4n) is 13.2. The molecule has 29 heteroatoms. The number of rotatable bonds is 11. The molecule has 0 unspecified atom stereocenters. The standard InChI is InChI=1S/C38H47ClN4O8S.C34H40ClN3O7.C4H9NO2S/c1-36(2,3)51-35(47)40-30-14-9-7-5-6-8-11-26-22-38(26,34(46)42-52(48,49)37(4)17-18-37)41-32(44)31-20-25-19-29(50-28-13-10-12-27(39)21-28)16-15-24(25)23-43(31)33(30)45;1-33(2,3)45-32(43)36-27-13-8-6-4-5-7-10-23-19-34(23,31(41)42)37-29(39)28-17-22-16-26(44-25-12-9-11-24(35)18-25)15-14-21(22)20-38(28)30(27)40;1-4(2-3-4)8(5,6)7/h8,10-13,15-16,19,21,26,30-31H,5-7,9,14,17-18,20,22-23H2,1-4H3,(H,40,47)(H,41,44)(H,42,46);7,9-12,14-16,18,23,27-28H,4-6,8,13,17,19-20H2,1-3H3,(H,36,43)(H,37,39)(H,41,42);2-3H2,1H3,(H2,5,6,7)/b11-8-;10-7-;/t26-,30+,31+,38-;23-,27+,28+,34-;/m11./s1. The van der Waals surface area contributed by atoms with Crippen molar-refractivity contribution in [3.8, 4) is 23.0 Å². The number of hydrogen-bond acceptors (Lipinski definition) is 16. The van der Waals surface area contributed by atoms with Gasteiger partial charge >= 0.3 is 18.2 Å². The molecule has 0 bridgehead atoms. The molecule has 7 amide bonds. The van der Waals surface area contributed by atoms with Gasteiger partial charge in [0.25, 0.3) is 5.91 Å². The fourth-order valence-corrected chi connectivity index (χ4v) is 15.6. The minimum Gasteiger partial charge on any atom is -0.479 e. The number of benzene rings is 4. The van der Waals surface area contributed by atoms with E-state index in [1.807, 2.05) is 48.6 Å². The second kappa shape index (κ2) is 31.7. The maximum absolute atomic E-state index is 14.5. The molecule has 4 aliphatic heterocycles. The van der Waals surface area contributed by atoms with Gasteiger partial charge in [-0.1, -0.05) is 97.5 Å². The third kappa shape index (κ3) is 20.1. The summed E-state index contributed by atoms with van der Waals surface area (Å²) in [6, 6.07) is 20.8. The Morgan fingerprint density at radius 3 is 1.36 bits per heavy atom. The zero-order chi connectivity index (χ0) is 76.2. The molecule has 8 aliphatic rings. The number of fused-ring (bicyclic) bond motifs is 6. The van der Waals surface area contributed by atoms with Gasteiger partial charge in [0.15, 0.2) is 0 Å². The normalized spacial score (nSPS) is 26.2. The Balaban J connectivity index is 0.000000205. The van der Waals surface area contributed by atoms with Gasteiger partial charge in [-0.25, -0.2) is 36.4 Å². The topological polar surface area (TPSA) is 355 Å². The number of aliphatic carboxylic acids is 1. The lowest BCUT2D eigenvalue weighted by molar-refractivity contribution is -0.147. The Hall–Kier alpha value is -8.24. The van der Waals surface area contributed by atoms with Gasteiger partial charge in [0.2, 0.25) is 43.7 Å². The highest BCUT2D eigenvalue weighted by Crippen LogP contribution is 2.49. The molecule has 568 valence electrons. The van der Waals surface area contributed by atoms with E-state index in [-0.39, 0.29) is 44.7 Å². The lowest BCUT2D eigenvalue weighted by Gasteiger charge is -2.39. The number of nitrogens with zero attached hydrogens (tertiary/aromatic N) is 2. The third-order valence-electron chi connectivity index (χ3n) is 20.3. The zero-order valence-corrected chi connectivity index (χ0v) is 63.7. The molecule has 12 rings (SSSR count). The number of alkyl carbamates (subject to hydrolysis) is 2. The summed E-state index contributed by atoms with van der Waals surface area (Å²) in [6.45, 7) is 13.8. The Morgan fingerprint density at radius 2 is 0.971 bits per heavy atom. The second-order valence-electron chi connectivity index (χ2n) is 31.1. The van der Waals surface area contributed by atoms with Gasteiger partial charge in [-0.15, -0.1) is 0 Å². The summed E-state index contributed by atoms with van der Waals surface area (Å²) in [5.41, 5.74) is -1.33. The number of carboxylic acid groups (broad SMARTS) is 1. The zero-order valence-electron chi connectivity index (χ0n) is 60.5. The molecule has 4 aromatic rings. The number of ether oxygens (including phenoxy) is 4. The van der Waals surface area contributed by atoms with E-state index >= 15 is 0 Å². The first-order chi connectivity index (χ1) is 49.3. The number of halogens is 2. The van der Waals surface area contributed by atoms with Crippen molar-refractivity contribution >= 4 is 90.9 Å². The summed E-state index contributed by atoms with van der Waals surface area (Å²) in [4.78, 5) is 112. The summed E-state index contributed by atoms with van der Waals surface area (Å²) in [7, 11) is -7.21. The number of primary sulfonamides is 1. The van der Waals surface area contributed by atoms with Gasteiger partial charge < -0.3 is 55.1 Å². The number of hydrogen-bond donors (Lipinski definition) is 7. The summed E-state index contributed by atoms with van der Waals surface area (Å²) < 4.78 is 71.0. The van der Waals surface area contributed by atoms with Crippen molar-refractivity contribution in [2.75, 3.05) is 0 Å². The van der Waals surface area contributed by atoms with Crippen LogP contribution in [0, 0.1) is 11.8 Å². The van der Waals surface area contributed by atoms with Crippen molar-refractivity contribution in [3.63, 3.8) is 0 Å². The SMILES string of the molecule is CC(C)(C)OC(=O)N[C@H]1CCCCC/C=C\[C@@H]2C[C@@]2(C(=O)NS(=O)(=O)C2(C)CC2)NC(=O)[C@@H]2Cc3cc(Oc4cccc(Cl)c4)ccc3CN2C1=O.CC(C)(C)OC(=O)N[C@H]1CCCCC/C=C\[C@@H]2C[C@@]2(C(=O)O)NC(=O)[C@@H]2Cc3cc(Oc4cccc(Cl)c4)ccc3CN2C1=O.CC1(S(N)(=O)=O)CC1. The van der Waals surface area contributed by atoms with Crippen molar-refractivity contribution in [3.05, 3.63) is 142 Å². The van der Waals surface area contributed by atoms with Crippen LogP contribution < -0.4 is 40.6 Å². The van der Waals surface area contributed by atoms with Crippen molar-refractivity contribution in [2.45, 2.75) is 240 Å². The van der Waals surface area contributed by atoms with Crippen LogP contribution >= 0.6 is 23.2 Å². The lowest BCUT2D eigenvalue weighted by Crippen LogP contribution is -2.61. The van der Waals surface area contributed by atoms with Crippen LogP contribution in [0.2, 0.25) is 10.0 Å². The molecular weight excluding hydrogens is 1430 g/mol. The van der Waals surface area contributed by atoms with Crippen LogP contribution in [-0.2, 0) is 84.2 Å². The van der Waals surface area contributed by atoms with Gasteiger partial charge in [0.05, 0.1) is 9.49 Å². The fraction of sp³-hybridized carbons (Fsp3) is 0.526.